The second-order valence-electron chi connectivity index (χ2n) is 3.81. The number of carboxylic acid groups (broad SMARTS) is 1. The van der Waals surface area contributed by atoms with Crippen LogP contribution in [0.1, 0.15) is 10.4 Å². The Morgan fingerprint density at radius 2 is 2.16 bits per heavy atom. The summed E-state index contributed by atoms with van der Waals surface area (Å²) < 4.78 is 0. The van der Waals surface area contributed by atoms with E-state index in [1.807, 2.05) is 0 Å². The summed E-state index contributed by atoms with van der Waals surface area (Å²) in [5.74, 6) is -0.864. The van der Waals surface area contributed by atoms with Crippen LogP contribution in [-0.2, 0) is 4.79 Å². The number of aromatic carboxylic acids is 1. The lowest BCUT2D eigenvalue weighted by atomic mass is 10.2. The minimum absolute atomic E-state index is 0.00462. The molecule has 1 aliphatic heterocycles. The van der Waals surface area contributed by atoms with Gasteiger partial charge in [-0.3, -0.25) is 9.69 Å². The molecule has 1 heterocycles. The quantitative estimate of drug-likeness (QED) is 0.762. The molecule has 0 unspecified atom stereocenters. The van der Waals surface area contributed by atoms with Gasteiger partial charge >= 0.3 is 0 Å². The van der Waals surface area contributed by atoms with Crippen molar-refractivity contribution in [3.63, 3.8) is 0 Å². The highest BCUT2D eigenvalue weighted by Crippen LogP contribution is 2.23. The van der Waals surface area contributed by atoms with Gasteiger partial charge < -0.3 is 9.90 Å². The fourth-order valence-electron chi connectivity index (χ4n) is 1.57. The molecule has 1 fully saturated rings. The van der Waals surface area contributed by atoms with Crippen molar-refractivity contribution in [1.82, 2.24) is 4.90 Å². The number of carbonyl (C=O) groups is 2. The molecule has 2 rings (SSSR count). The van der Waals surface area contributed by atoms with Gasteiger partial charge in [0.05, 0.1) is 17.4 Å². The van der Waals surface area contributed by atoms with E-state index >= 15 is 0 Å². The minimum atomic E-state index is -1.22. The molecule has 1 aliphatic rings. The topological polar surface area (TPSA) is 72.8 Å². The normalized spacial score (nSPS) is 16.9. The van der Waals surface area contributed by atoms with Crippen LogP contribution in [0.15, 0.2) is 41.9 Å². The zero-order valence-electron chi connectivity index (χ0n) is 10.0. The first-order valence-corrected chi connectivity index (χ1v) is 6.54. The van der Waals surface area contributed by atoms with Crippen LogP contribution in [-0.4, -0.2) is 34.2 Å². The van der Waals surface area contributed by atoms with Crippen LogP contribution >= 0.6 is 11.8 Å². The molecule has 1 aromatic carbocycles. The highest BCUT2D eigenvalue weighted by atomic mass is 32.2. The summed E-state index contributed by atoms with van der Waals surface area (Å²) in [5, 5.41) is 11.2. The molecule has 0 atom stereocenters. The highest BCUT2D eigenvalue weighted by molar-refractivity contribution is 8.15. The summed E-state index contributed by atoms with van der Waals surface area (Å²) >= 11 is 1.35. The Morgan fingerprint density at radius 3 is 2.74 bits per heavy atom. The number of aliphatic imine (C=N–C) groups is 1. The first-order chi connectivity index (χ1) is 9.11. The average Bonchev–Trinajstić information content (AvgIpc) is 2.73. The van der Waals surface area contributed by atoms with Crippen LogP contribution in [0.3, 0.4) is 0 Å². The van der Waals surface area contributed by atoms with E-state index in [2.05, 4.69) is 11.6 Å². The van der Waals surface area contributed by atoms with Gasteiger partial charge in [0.25, 0.3) is 0 Å². The van der Waals surface area contributed by atoms with Gasteiger partial charge in [-0.2, -0.15) is 0 Å². The minimum Gasteiger partial charge on any atom is -0.545 e. The fraction of sp³-hybridized carbons (Fsp3) is 0.154. The van der Waals surface area contributed by atoms with Gasteiger partial charge in [-0.05, 0) is 17.7 Å². The van der Waals surface area contributed by atoms with E-state index in [1.165, 1.54) is 23.9 Å². The van der Waals surface area contributed by atoms with Crippen molar-refractivity contribution in [2.75, 3.05) is 12.3 Å². The van der Waals surface area contributed by atoms with Crippen LogP contribution in [0.25, 0.3) is 0 Å². The Morgan fingerprint density at radius 1 is 1.47 bits per heavy atom. The molecule has 98 valence electrons. The zero-order chi connectivity index (χ0) is 13.8. The molecule has 19 heavy (non-hydrogen) atoms. The highest BCUT2D eigenvalue weighted by Gasteiger charge is 2.26. The van der Waals surface area contributed by atoms with Gasteiger partial charge in [0, 0.05) is 6.54 Å². The number of carbonyl (C=O) groups excluding carboxylic acids is 2. The summed E-state index contributed by atoms with van der Waals surface area (Å²) in [5.41, 5.74) is 0.693. The van der Waals surface area contributed by atoms with Crippen LogP contribution in [0, 0.1) is 0 Å². The lowest BCUT2D eigenvalue weighted by Gasteiger charge is -2.13. The summed E-state index contributed by atoms with van der Waals surface area (Å²) in [6.07, 6.45) is 1.64. The van der Waals surface area contributed by atoms with E-state index in [0.717, 1.165) is 0 Å². The summed E-state index contributed by atoms with van der Waals surface area (Å²) in [7, 11) is 0. The largest absolute Gasteiger partial charge is 0.545 e. The molecular weight excluding hydrogens is 264 g/mol. The van der Waals surface area contributed by atoms with Gasteiger partial charge in [-0.25, -0.2) is 4.99 Å². The Balaban J connectivity index is 2.22. The maximum absolute atomic E-state index is 11.6. The maximum Gasteiger partial charge on any atom is 0.239 e. The number of hydrogen-bond donors (Lipinski definition) is 0. The van der Waals surface area contributed by atoms with Crippen molar-refractivity contribution in [2.45, 2.75) is 0 Å². The molecule has 0 saturated carbocycles. The Bertz CT molecular complexity index is 552. The number of carboxylic acids is 1. The molecule has 1 aromatic rings. The third kappa shape index (κ3) is 3.03. The number of thioether (sulfide) groups is 1. The molecule has 0 aliphatic carbocycles. The van der Waals surface area contributed by atoms with Crippen molar-refractivity contribution in [3.8, 4) is 0 Å². The van der Waals surface area contributed by atoms with E-state index in [0.29, 0.717) is 23.2 Å². The molecule has 1 saturated heterocycles. The fourth-order valence-corrected chi connectivity index (χ4v) is 2.48. The van der Waals surface area contributed by atoms with Gasteiger partial charge in [-0.1, -0.05) is 30.0 Å². The number of amidine groups is 1. The SMILES string of the molecule is C=CCN1C(=O)CSC1=Nc1ccc(C(=O)[O-])cc1. The van der Waals surface area contributed by atoms with E-state index < -0.39 is 5.97 Å². The van der Waals surface area contributed by atoms with Gasteiger partial charge in [0.15, 0.2) is 5.17 Å². The molecule has 6 heteroatoms. The van der Waals surface area contributed by atoms with Crippen LogP contribution < -0.4 is 5.11 Å². The average molecular weight is 275 g/mol. The predicted molar refractivity (Wildman–Crippen MR) is 72.2 cm³/mol. The molecule has 0 radical (unpaired) electrons. The first-order valence-electron chi connectivity index (χ1n) is 5.56. The molecular formula is C13H11N2O3S-. The Kier molecular flexibility index (Phi) is 4.01. The molecule has 5 nitrogen and oxygen atoms in total. The van der Waals surface area contributed by atoms with E-state index in [-0.39, 0.29) is 11.5 Å². The van der Waals surface area contributed by atoms with Gasteiger partial charge in [-0.15, -0.1) is 6.58 Å². The van der Waals surface area contributed by atoms with Crippen molar-refractivity contribution in [3.05, 3.63) is 42.5 Å². The summed E-state index contributed by atoms with van der Waals surface area (Å²) in [6.45, 7) is 4.02. The molecule has 0 spiro atoms. The molecule has 1 amide bonds. The van der Waals surface area contributed by atoms with Crippen molar-refractivity contribution >= 4 is 34.5 Å². The number of hydrogen-bond acceptors (Lipinski definition) is 5. The first kappa shape index (κ1) is 13.4. The Hall–Kier alpha value is -2.08. The van der Waals surface area contributed by atoms with Crippen molar-refractivity contribution in [2.24, 2.45) is 4.99 Å². The molecule has 0 aromatic heterocycles. The van der Waals surface area contributed by atoms with Crippen molar-refractivity contribution in [1.29, 1.82) is 0 Å². The van der Waals surface area contributed by atoms with Crippen LogP contribution in [0.2, 0.25) is 0 Å². The van der Waals surface area contributed by atoms with E-state index in [9.17, 15) is 14.7 Å². The van der Waals surface area contributed by atoms with Gasteiger partial charge in [0.2, 0.25) is 5.91 Å². The lowest BCUT2D eigenvalue weighted by Crippen LogP contribution is -2.29. The number of nitrogens with zero attached hydrogens (tertiary/aromatic N) is 2. The second-order valence-corrected chi connectivity index (χ2v) is 4.75. The predicted octanol–water partition coefficient (Wildman–Crippen LogP) is 0.799. The maximum atomic E-state index is 11.6. The van der Waals surface area contributed by atoms with Crippen LogP contribution in [0.5, 0.6) is 0 Å². The lowest BCUT2D eigenvalue weighted by molar-refractivity contribution is -0.255. The summed E-state index contributed by atoms with van der Waals surface area (Å²) in [4.78, 5) is 28.1. The Labute approximate surface area is 114 Å². The smallest absolute Gasteiger partial charge is 0.239 e. The third-order valence-corrected chi connectivity index (χ3v) is 3.46. The van der Waals surface area contributed by atoms with E-state index in [4.69, 9.17) is 0 Å². The molecule has 0 bridgehead atoms. The standard InChI is InChI=1S/C13H12N2O3S/c1-2-7-15-11(16)8-19-13(15)14-10-5-3-9(4-6-10)12(17)18/h2-6H,1,7-8H2,(H,17,18)/p-1. The third-order valence-electron chi connectivity index (χ3n) is 2.50. The number of rotatable bonds is 4. The zero-order valence-corrected chi connectivity index (χ0v) is 10.9. The molecule has 0 N–H and O–H groups in total. The van der Waals surface area contributed by atoms with Crippen molar-refractivity contribution < 1.29 is 14.7 Å². The van der Waals surface area contributed by atoms with Gasteiger partial charge in [0.1, 0.15) is 0 Å². The monoisotopic (exact) mass is 275 g/mol. The van der Waals surface area contributed by atoms with E-state index in [1.54, 1.807) is 23.1 Å². The number of amides is 1. The second kappa shape index (κ2) is 5.71. The summed E-state index contributed by atoms with van der Waals surface area (Å²) in [6, 6.07) is 6.00. The van der Waals surface area contributed by atoms with Crippen LogP contribution in [0.4, 0.5) is 5.69 Å². The number of benzene rings is 1.